The maximum atomic E-state index is 5.19. The van der Waals surface area contributed by atoms with Gasteiger partial charge in [-0.1, -0.05) is 20.8 Å². The van der Waals surface area contributed by atoms with Crippen molar-refractivity contribution in [1.29, 1.82) is 0 Å². The summed E-state index contributed by atoms with van der Waals surface area (Å²) >= 11 is 0. The van der Waals surface area contributed by atoms with Crippen molar-refractivity contribution in [3.63, 3.8) is 0 Å². The number of methoxy groups -OCH3 is 1. The molecule has 0 spiro atoms. The first kappa shape index (κ1) is 14.9. The molecule has 1 rings (SSSR count). The lowest BCUT2D eigenvalue weighted by molar-refractivity contribution is 0.122. The highest BCUT2D eigenvalue weighted by atomic mass is 16.5. The van der Waals surface area contributed by atoms with Crippen LogP contribution in [0.1, 0.15) is 40.5 Å². The zero-order valence-corrected chi connectivity index (χ0v) is 12.3. The maximum Gasteiger partial charge on any atom is 0.0477 e. The molecule has 1 aliphatic rings. The Morgan fingerprint density at radius 2 is 2.12 bits per heavy atom. The molecule has 3 heteroatoms. The minimum Gasteiger partial charge on any atom is -0.385 e. The third kappa shape index (κ3) is 4.94. The van der Waals surface area contributed by atoms with Crippen molar-refractivity contribution in [1.82, 2.24) is 10.2 Å². The number of hydrogen-bond donors (Lipinski definition) is 1. The Morgan fingerprint density at radius 1 is 1.41 bits per heavy atom. The molecule has 2 atom stereocenters. The first-order chi connectivity index (χ1) is 7.95. The number of ether oxygens (including phenoxy) is 1. The van der Waals surface area contributed by atoms with Crippen LogP contribution in [-0.4, -0.2) is 50.3 Å². The first-order valence-electron chi connectivity index (χ1n) is 6.91. The van der Waals surface area contributed by atoms with Crippen LogP contribution in [0.5, 0.6) is 0 Å². The molecule has 1 saturated heterocycles. The van der Waals surface area contributed by atoms with Gasteiger partial charge in [-0.3, -0.25) is 4.90 Å². The van der Waals surface area contributed by atoms with Crippen LogP contribution < -0.4 is 5.32 Å². The molecule has 3 nitrogen and oxygen atoms in total. The molecule has 0 aromatic heterocycles. The summed E-state index contributed by atoms with van der Waals surface area (Å²) in [4.78, 5) is 2.62. The van der Waals surface area contributed by atoms with Crippen LogP contribution in [0.2, 0.25) is 0 Å². The van der Waals surface area contributed by atoms with Crippen LogP contribution in [0.25, 0.3) is 0 Å². The summed E-state index contributed by atoms with van der Waals surface area (Å²) in [5.41, 5.74) is 0.337. The summed E-state index contributed by atoms with van der Waals surface area (Å²) in [7, 11) is 1.79. The van der Waals surface area contributed by atoms with Crippen LogP contribution in [0.3, 0.4) is 0 Å². The second-order valence-electron chi connectivity index (χ2n) is 6.35. The first-order valence-corrected chi connectivity index (χ1v) is 6.91. The van der Waals surface area contributed by atoms with Gasteiger partial charge in [-0.25, -0.2) is 0 Å². The van der Waals surface area contributed by atoms with E-state index < -0.39 is 0 Å². The highest BCUT2D eigenvalue weighted by Gasteiger charge is 2.29. The number of nitrogens with one attached hydrogen (secondary N) is 1. The normalized spacial score (nSPS) is 25.6. The zero-order chi connectivity index (χ0) is 12.9. The molecule has 1 aliphatic heterocycles. The lowest BCUT2D eigenvalue weighted by atomic mass is 9.86. The largest absolute Gasteiger partial charge is 0.385 e. The minimum atomic E-state index is 0.337. The van der Waals surface area contributed by atoms with Crippen molar-refractivity contribution in [2.45, 2.75) is 52.6 Å². The van der Waals surface area contributed by atoms with Crippen molar-refractivity contribution in [3.05, 3.63) is 0 Å². The van der Waals surface area contributed by atoms with Crippen molar-refractivity contribution >= 4 is 0 Å². The molecule has 0 aromatic rings. The van der Waals surface area contributed by atoms with Gasteiger partial charge in [-0.05, 0) is 38.3 Å². The molecule has 2 unspecified atom stereocenters. The summed E-state index contributed by atoms with van der Waals surface area (Å²) in [6, 6.07) is 1.22. The van der Waals surface area contributed by atoms with Crippen molar-refractivity contribution in [3.8, 4) is 0 Å². The molecular weight excluding hydrogens is 212 g/mol. The molecule has 0 amide bonds. The Labute approximate surface area is 107 Å². The van der Waals surface area contributed by atoms with E-state index in [0.29, 0.717) is 17.5 Å². The van der Waals surface area contributed by atoms with Gasteiger partial charge in [0.2, 0.25) is 0 Å². The second-order valence-corrected chi connectivity index (χ2v) is 6.35. The fourth-order valence-electron chi connectivity index (χ4n) is 2.40. The summed E-state index contributed by atoms with van der Waals surface area (Å²) in [6.07, 6.45) is 2.39. The lowest BCUT2D eigenvalue weighted by Gasteiger charge is -2.36. The maximum absolute atomic E-state index is 5.19. The van der Waals surface area contributed by atoms with Gasteiger partial charge < -0.3 is 10.1 Å². The topological polar surface area (TPSA) is 24.5 Å². The van der Waals surface area contributed by atoms with E-state index in [2.05, 4.69) is 37.9 Å². The fourth-order valence-corrected chi connectivity index (χ4v) is 2.40. The lowest BCUT2D eigenvalue weighted by Crippen LogP contribution is -2.48. The standard InChI is InChI=1S/C14H30N2O/c1-12(7-10-17-5)16-9-6-8-15-13(11-16)14(2,3)4/h12-13,15H,6-11H2,1-5H3. The van der Waals surface area contributed by atoms with Gasteiger partial charge in [-0.15, -0.1) is 0 Å². The average molecular weight is 242 g/mol. The van der Waals surface area contributed by atoms with Crippen molar-refractivity contribution < 1.29 is 4.74 Å². The Morgan fingerprint density at radius 3 is 2.71 bits per heavy atom. The smallest absolute Gasteiger partial charge is 0.0477 e. The van der Waals surface area contributed by atoms with Crippen LogP contribution in [0.4, 0.5) is 0 Å². The zero-order valence-electron chi connectivity index (χ0n) is 12.3. The van der Waals surface area contributed by atoms with E-state index in [4.69, 9.17) is 4.74 Å². The van der Waals surface area contributed by atoms with Crippen LogP contribution >= 0.6 is 0 Å². The van der Waals surface area contributed by atoms with E-state index in [-0.39, 0.29) is 0 Å². The molecule has 1 fully saturated rings. The predicted molar refractivity (Wildman–Crippen MR) is 73.4 cm³/mol. The highest BCUT2D eigenvalue weighted by Crippen LogP contribution is 2.22. The number of rotatable bonds is 4. The Balaban J connectivity index is 2.53. The van der Waals surface area contributed by atoms with E-state index in [0.717, 1.165) is 26.1 Å². The summed E-state index contributed by atoms with van der Waals surface area (Å²) < 4.78 is 5.19. The number of nitrogens with zero attached hydrogens (tertiary/aromatic N) is 1. The van der Waals surface area contributed by atoms with Gasteiger partial charge in [0.05, 0.1) is 0 Å². The third-order valence-corrected chi connectivity index (χ3v) is 3.84. The molecule has 0 aromatic carbocycles. The van der Waals surface area contributed by atoms with Gasteiger partial charge in [0, 0.05) is 32.3 Å². The molecule has 1 heterocycles. The molecule has 0 radical (unpaired) electrons. The molecule has 17 heavy (non-hydrogen) atoms. The SMILES string of the molecule is COCCC(C)N1CCCNC(C(C)(C)C)C1. The molecular formula is C14H30N2O. The van der Waals surface area contributed by atoms with Gasteiger partial charge in [0.15, 0.2) is 0 Å². The van der Waals surface area contributed by atoms with E-state index in [1.807, 2.05) is 0 Å². The predicted octanol–water partition coefficient (Wildman–Crippen LogP) is 2.12. The highest BCUT2D eigenvalue weighted by molar-refractivity contribution is 4.87. The van der Waals surface area contributed by atoms with E-state index in [1.54, 1.807) is 7.11 Å². The summed E-state index contributed by atoms with van der Waals surface area (Å²) in [6.45, 7) is 13.7. The van der Waals surface area contributed by atoms with Crippen LogP contribution in [0.15, 0.2) is 0 Å². The molecule has 0 bridgehead atoms. The summed E-state index contributed by atoms with van der Waals surface area (Å²) in [5.74, 6) is 0. The fraction of sp³-hybridized carbons (Fsp3) is 1.00. The second kappa shape index (κ2) is 6.72. The van der Waals surface area contributed by atoms with Gasteiger partial charge in [0.25, 0.3) is 0 Å². The van der Waals surface area contributed by atoms with Crippen molar-refractivity contribution in [2.24, 2.45) is 5.41 Å². The average Bonchev–Trinajstić information content (AvgIpc) is 2.50. The van der Waals surface area contributed by atoms with E-state index >= 15 is 0 Å². The van der Waals surface area contributed by atoms with E-state index in [9.17, 15) is 0 Å². The van der Waals surface area contributed by atoms with Crippen molar-refractivity contribution in [2.75, 3.05) is 33.4 Å². The van der Waals surface area contributed by atoms with Gasteiger partial charge >= 0.3 is 0 Å². The van der Waals surface area contributed by atoms with Crippen LogP contribution in [-0.2, 0) is 4.74 Å². The molecule has 0 aliphatic carbocycles. The van der Waals surface area contributed by atoms with Crippen LogP contribution in [0, 0.1) is 5.41 Å². The van der Waals surface area contributed by atoms with Gasteiger partial charge in [-0.2, -0.15) is 0 Å². The van der Waals surface area contributed by atoms with E-state index in [1.165, 1.54) is 13.0 Å². The van der Waals surface area contributed by atoms with Gasteiger partial charge in [0.1, 0.15) is 0 Å². The Hall–Kier alpha value is -0.120. The molecule has 0 saturated carbocycles. The Kier molecular flexibility index (Phi) is 5.90. The Bertz CT molecular complexity index is 213. The number of hydrogen-bond acceptors (Lipinski definition) is 3. The monoisotopic (exact) mass is 242 g/mol. The molecule has 1 N–H and O–H groups in total. The molecule has 102 valence electrons. The minimum absolute atomic E-state index is 0.337. The summed E-state index contributed by atoms with van der Waals surface area (Å²) in [5, 5.41) is 3.69. The third-order valence-electron chi connectivity index (χ3n) is 3.84. The quantitative estimate of drug-likeness (QED) is 0.817.